The second-order valence-corrected chi connectivity index (χ2v) is 12.6. The molecule has 0 radical (unpaired) electrons. The number of benzene rings is 5. The molecule has 0 unspecified atom stereocenters. The van der Waals surface area contributed by atoms with Crippen molar-refractivity contribution < 1.29 is 28.6 Å². The van der Waals surface area contributed by atoms with Gasteiger partial charge in [-0.05, 0) is 119 Å². The zero-order valence-corrected chi connectivity index (χ0v) is 29.0. The number of nitrogens with one attached hydrogen (secondary N) is 1. The van der Waals surface area contributed by atoms with E-state index in [4.69, 9.17) is 25.8 Å². The summed E-state index contributed by atoms with van der Waals surface area (Å²) >= 11 is 8.10. The van der Waals surface area contributed by atoms with Crippen LogP contribution in [0.4, 0.5) is 10.5 Å². The Morgan fingerprint density at radius 3 is 2.35 bits per heavy atom. The SMILES string of the molecule is CCOc1cc(/C=C2\C(=O)NC(=O)N(c3ccc(OCc4ccc(Cl)cc4)cc3)C2=O)cc(I)c1OCc1c(C)ccc2ccccc12. The van der Waals surface area contributed by atoms with Gasteiger partial charge in [-0.25, -0.2) is 9.69 Å². The molecule has 5 aromatic carbocycles. The Labute approximate surface area is 296 Å². The zero-order chi connectivity index (χ0) is 33.8. The van der Waals surface area contributed by atoms with E-state index in [2.05, 4.69) is 59.1 Å². The number of fused-ring (bicyclic) bond motifs is 1. The molecule has 0 atom stereocenters. The predicted octanol–water partition coefficient (Wildman–Crippen LogP) is 8.63. The van der Waals surface area contributed by atoms with Crippen molar-refractivity contribution in [2.75, 3.05) is 11.5 Å². The van der Waals surface area contributed by atoms with E-state index in [0.717, 1.165) is 35.9 Å². The van der Waals surface area contributed by atoms with Crippen LogP contribution in [0.1, 0.15) is 29.2 Å². The lowest BCUT2D eigenvalue weighted by molar-refractivity contribution is -0.122. The first-order valence-corrected chi connectivity index (χ1v) is 16.6. The second kappa shape index (κ2) is 14.5. The summed E-state index contributed by atoms with van der Waals surface area (Å²) in [6.45, 7) is 4.94. The molecular weight excluding hydrogens is 743 g/mol. The van der Waals surface area contributed by atoms with Crippen LogP contribution in [0.15, 0.2) is 103 Å². The highest BCUT2D eigenvalue weighted by atomic mass is 127. The number of anilines is 1. The van der Waals surface area contributed by atoms with E-state index < -0.39 is 17.8 Å². The molecule has 1 aliphatic rings. The van der Waals surface area contributed by atoms with Gasteiger partial charge in [-0.15, -0.1) is 0 Å². The van der Waals surface area contributed by atoms with Gasteiger partial charge in [0.1, 0.15) is 24.5 Å². The van der Waals surface area contributed by atoms with Gasteiger partial charge < -0.3 is 14.2 Å². The molecule has 1 heterocycles. The van der Waals surface area contributed by atoms with Crippen LogP contribution in [0, 0.1) is 10.5 Å². The fourth-order valence-electron chi connectivity index (χ4n) is 5.35. The molecule has 0 aliphatic carbocycles. The molecule has 8 nitrogen and oxygen atoms in total. The Hall–Kier alpha value is -4.87. The molecule has 5 aromatic rings. The minimum absolute atomic E-state index is 0.198. The lowest BCUT2D eigenvalue weighted by Crippen LogP contribution is -2.54. The van der Waals surface area contributed by atoms with E-state index in [0.29, 0.717) is 47.7 Å². The lowest BCUT2D eigenvalue weighted by Gasteiger charge is -2.26. The van der Waals surface area contributed by atoms with E-state index in [1.165, 1.54) is 6.08 Å². The van der Waals surface area contributed by atoms with Crippen molar-refractivity contribution in [3.8, 4) is 17.2 Å². The largest absolute Gasteiger partial charge is 0.490 e. The Balaban J connectivity index is 1.23. The number of urea groups is 1. The summed E-state index contributed by atoms with van der Waals surface area (Å²) in [7, 11) is 0. The van der Waals surface area contributed by atoms with Crippen molar-refractivity contribution in [3.63, 3.8) is 0 Å². The average molecular weight is 773 g/mol. The number of ether oxygens (including phenoxy) is 3. The topological polar surface area (TPSA) is 94.2 Å². The van der Waals surface area contributed by atoms with Crippen LogP contribution in [0.3, 0.4) is 0 Å². The first-order chi connectivity index (χ1) is 23.2. The molecule has 0 aromatic heterocycles. The summed E-state index contributed by atoms with van der Waals surface area (Å²) in [6.07, 6.45) is 1.45. The van der Waals surface area contributed by atoms with Gasteiger partial charge in [0.2, 0.25) is 0 Å². The summed E-state index contributed by atoms with van der Waals surface area (Å²) in [5.74, 6) is 0.0324. The lowest BCUT2D eigenvalue weighted by atomic mass is 10.0. The highest BCUT2D eigenvalue weighted by molar-refractivity contribution is 14.1. The molecule has 4 amide bonds. The van der Waals surface area contributed by atoms with Crippen LogP contribution >= 0.6 is 34.2 Å². The molecule has 10 heteroatoms. The number of rotatable bonds is 10. The maximum Gasteiger partial charge on any atom is 0.335 e. The first-order valence-electron chi connectivity index (χ1n) is 15.2. The van der Waals surface area contributed by atoms with Crippen LogP contribution in [0.25, 0.3) is 16.8 Å². The number of aryl methyl sites for hydroxylation is 1. The smallest absolute Gasteiger partial charge is 0.335 e. The van der Waals surface area contributed by atoms with Crippen molar-refractivity contribution in [2.45, 2.75) is 27.1 Å². The molecule has 1 N–H and O–H groups in total. The first kappa shape index (κ1) is 33.0. The number of hydrogen-bond donors (Lipinski definition) is 1. The number of amides is 4. The third-order valence-electron chi connectivity index (χ3n) is 7.79. The summed E-state index contributed by atoms with van der Waals surface area (Å²) in [5, 5.41) is 5.16. The van der Waals surface area contributed by atoms with Crippen molar-refractivity contribution in [1.29, 1.82) is 0 Å². The zero-order valence-electron chi connectivity index (χ0n) is 26.1. The van der Waals surface area contributed by atoms with E-state index in [-0.39, 0.29) is 11.3 Å². The molecule has 1 saturated heterocycles. The van der Waals surface area contributed by atoms with Gasteiger partial charge in [0, 0.05) is 10.6 Å². The Morgan fingerprint density at radius 1 is 0.854 bits per heavy atom. The van der Waals surface area contributed by atoms with Crippen molar-refractivity contribution in [1.82, 2.24) is 5.32 Å². The summed E-state index contributed by atoms with van der Waals surface area (Å²) in [4.78, 5) is 40.3. The molecule has 48 heavy (non-hydrogen) atoms. The van der Waals surface area contributed by atoms with Gasteiger partial charge in [-0.2, -0.15) is 0 Å². The Kier molecular flexibility index (Phi) is 9.98. The molecule has 242 valence electrons. The quantitative estimate of drug-likeness (QED) is 0.0869. The maximum absolute atomic E-state index is 13.6. The highest BCUT2D eigenvalue weighted by Crippen LogP contribution is 2.37. The Morgan fingerprint density at radius 2 is 1.60 bits per heavy atom. The number of hydrogen-bond acceptors (Lipinski definition) is 6. The number of barbiturate groups is 1. The monoisotopic (exact) mass is 772 g/mol. The number of halogens is 2. The van der Waals surface area contributed by atoms with Gasteiger partial charge in [0.05, 0.1) is 15.9 Å². The summed E-state index contributed by atoms with van der Waals surface area (Å²) in [6, 6.07) is 28.8. The molecular formula is C38H30ClIN2O6. The van der Waals surface area contributed by atoms with Crippen molar-refractivity contribution >= 4 is 74.6 Å². The molecule has 0 spiro atoms. The maximum atomic E-state index is 13.6. The van der Waals surface area contributed by atoms with Crippen molar-refractivity contribution in [2.24, 2.45) is 0 Å². The fourth-order valence-corrected chi connectivity index (χ4v) is 6.26. The predicted molar refractivity (Wildman–Crippen MR) is 195 cm³/mol. The van der Waals surface area contributed by atoms with E-state index in [1.807, 2.05) is 31.2 Å². The van der Waals surface area contributed by atoms with E-state index in [9.17, 15) is 14.4 Å². The van der Waals surface area contributed by atoms with Crippen LogP contribution in [-0.2, 0) is 22.8 Å². The van der Waals surface area contributed by atoms with Crippen molar-refractivity contribution in [3.05, 3.63) is 133 Å². The summed E-state index contributed by atoms with van der Waals surface area (Å²) < 4.78 is 18.9. The normalized spacial score (nSPS) is 14.0. The minimum atomic E-state index is -0.839. The number of imide groups is 2. The molecule has 1 fully saturated rings. The third kappa shape index (κ3) is 7.17. The third-order valence-corrected chi connectivity index (χ3v) is 8.85. The number of nitrogens with zero attached hydrogens (tertiary/aromatic N) is 1. The van der Waals surface area contributed by atoms with Gasteiger partial charge in [0.25, 0.3) is 11.8 Å². The molecule has 0 saturated carbocycles. The van der Waals surface area contributed by atoms with Gasteiger partial charge in [-0.1, -0.05) is 60.1 Å². The van der Waals surface area contributed by atoms with Crippen LogP contribution in [0.2, 0.25) is 5.02 Å². The van der Waals surface area contributed by atoms with Gasteiger partial charge >= 0.3 is 6.03 Å². The molecule has 0 bridgehead atoms. The number of carbonyl (C=O) groups is 3. The summed E-state index contributed by atoms with van der Waals surface area (Å²) in [5.41, 5.74) is 3.75. The molecule has 6 rings (SSSR count). The van der Waals surface area contributed by atoms with Gasteiger partial charge in [0.15, 0.2) is 11.5 Å². The molecule has 1 aliphatic heterocycles. The van der Waals surface area contributed by atoms with Crippen LogP contribution in [-0.4, -0.2) is 24.5 Å². The standard InChI is InChI=1S/C38H30ClIN2O6/c1-3-46-34-20-25(19-33(40)35(34)48-22-32-23(2)8-11-26-6-4-5-7-30(26)32)18-31-36(43)41-38(45)42(37(31)44)28-14-16-29(17-15-28)47-21-24-9-12-27(39)13-10-24/h4-20H,3,21-22H2,1-2H3,(H,41,43,45)/b31-18+. The number of carbonyl (C=O) groups excluding carboxylic acids is 3. The fraction of sp³-hybridized carbons (Fsp3) is 0.132. The van der Waals surface area contributed by atoms with Gasteiger partial charge in [-0.3, -0.25) is 14.9 Å². The van der Waals surface area contributed by atoms with Crippen LogP contribution in [0.5, 0.6) is 17.2 Å². The second-order valence-electron chi connectivity index (χ2n) is 11.0. The van der Waals surface area contributed by atoms with E-state index in [1.54, 1.807) is 48.5 Å². The highest BCUT2D eigenvalue weighted by Gasteiger charge is 2.37. The Bertz CT molecular complexity index is 2060. The average Bonchev–Trinajstić information content (AvgIpc) is 3.07. The van der Waals surface area contributed by atoms with E-state index >= 15 is 0 Å². The van der Waals surface area contributed by atoms with Crippen LogP contribution < -0.4 is 24.4 Å². The minimum Gasteiger partial charge on any atom is -0.490 e.